The van der Waals surface area contributed by atoms with E-state index in [0.29, 0.717) is 5.57 Å². The Morgan fingerprint density at radius 3 is 1.12 bits per heavy atom. The molecule has 0 aliphatic heterocycles. The molecule has 3 aromatic carbocycles. The number of amides is 1. The van der Waals surface area contributed by atoms with E-state index in [1.807, 2.05) is 42.2 Å². The SMILES string of the molecule is C=C(C)C(=O)NC(CCSC(C)(C)c1ccccc1)(CCSC(C)(C)c1ccccc1)CCSC(C)(C)c1ccccc1. The lowest BCUT2D eigenvalue weighted by Crippen LogP contribution is -2.50. The van der Waals surface area contributed by atoms with Crippen molar-refractivity contribution in [1.82, 2.24) is 5.32 Å². The van der Waals surface area contributed by atoms with Gasteiger partial charge in [0.1, 0.15) is 0 Å². The predicted molar refractivity (Wildman–Crippen MR) is 195 cm³/mol. The zero-order valence-electron chi connectivity index (χ0n) is 27.2. The molecule has 1 N–H and O–H groups in total. The molecule has 1 amide bonds. The third kappa shape index (κ3) is 10.8. The topological polar surface area (TPSA) is 29.1 Å². The van der Waals surface area contributed by atoms with E-state index in [2.05, 4.69) is 144 Å². The molecular weight excluding hydrogens is 583 g/mol. The standard InChI is InChI=1S/C38H51NOS3/c1-30(2)34(40)39-38(24-27-41-35(3,4)31-18-12-9-13-19-31,25-28-42-36(5,6)32-20-14-10-15-21-32)26-29-43-37(7,8)33-22-16-11-17-23-33/h9-23H,1,24-29H2,2-8H3,(H,39,40). The van der Waals surface area contributed by atoms with Crippen molar-refractivity contribution in [3.8, 4) is 0 Å². The fraction of sp³-hybridized carbons (Fsp3) is 0.447. The van der Waals surface area contributed by atoms with E-state index in [1.54, 1.807) is 0 Å². The van der Waals surface area contributed by atoms with E-state index in [-0.39, 0.29) is 25.7 Å². The molecular formula is C38H51NOS3. The van der Waals surface area contributed by atoms with Gasteiger partial charge in [0.05, 0.1) is 0 Å². The molecule has 0 atom stereocenters. The minimum atomic E-state index is -0.324. The molecule has 2 nitrogen and oxygen atoms in total. The monoisotopic (exact) mass is 633 g/mol. The van der Waals surface area contributed by atoms with Gasteiger partial charge >= 0.3 is 0 Å². The van der Waals surface area contributed by atoms with E-state index in [0.717, 1.165) is 36.5 Å². The van der Waals surface area contributed by atoms with Crippen LogP contribution in [0.1, 0.15) is 84.4 Å². The third-order valence-corrected chi connectivity index (χ3v) is 12.4. The first-order valence-corrected chi connectivity index (χ1v) is 18.3. The van der Waals surface area contributed by atoms with Gasteiger partial charge in [0.25, 0.3) is 0 Å². The second-order valence-corrected chi connectivity index (χ2v) is 18.1. The molecule has 232 valence electrons. The highest BCUT2D eigenvalue weighted by atomic mass is 32.2. The lowest BCUT2D eigenvalue weighted by molar-refractivity contribution is -0.119. The van der Waals surface area contributed by atoms with Gasteiger partial charge in [0.2, 0.25) is 5.91 Å². The second-order valence-electron chi connectivity index (χ2n) is 12.9. The molecule has 0 aromatic heterocycles. The quantitative estimate of drug-likeness (QED) is 0.150. The van der Waals surface area contributed by atoms with E-state index in [1.165, 1.54) is 16.7 Å². The fourth-order valence-electron chi connectivity index (χ4n) is 5.18. The van der Waals surface area contributed by atoms with Crippen LogP contribution in [0, 0.1) is 0 Å². The predicted octanol–water partition coefficient (Wildman–Crippen LogP) is 10.6. The van der Waals surface area contributed by atoms with Crippen molar-refractivity contribution >= 4 is 41.2 Å². The zero-order chi connectivity index (χ0) is 31.6. The Labute approximate surface area is 274 Å². The molecule has 0 radical (unpaired) electrons. The number of carbonyl (C=O) groups is 1. The van der Waals surface area contributed by atoms with Gasteiger partial charge in [0, 0.05) is 25.4 Å². The van der Waals surface area contributed by atoms with Gasteiger partial charge in [0.15, 0.2) is 0 Å². The maximum absolute atomic E-state index is 13.3. The molecule has 0 unspecified atom stereocenters. The van der Waals surface area contributed by atoms with Crippen LogP contribution in [0.4, 0.5) is 0 Å². The van der Waals surface area contributed by atoms with Crippen LogP contribution in [-0.4, -0.2) is 28.7 Å². The van der Waals surface area contributed by atoms with Gasteiger partial charge in [-0.25, -0.2) is 0 Å². The van der Waals surface area contributed by atoms with Gasteiger partial charge in [-0.05, 0) is 102 Å². The number of hydrogen-bond acceptors (Lipinski definition) is 4. The number of thioether (sulfide) groups is 3. The molecule has 0 aliphatic carbocycles. The Hall–Kier alpha value is -2.08. The summed E-state index contributed by atoms with van der Waals surface area (Å²) in [5.74, 6) is 2.83. The zero-order valence-corrected chi connectivity index (χ0v) is 29.7. The van der Waals surface area contributed by atoms with Crippen molar-refractivity contribution < 1.29 is 4.79 Å². The van der Waals surface area contributed by atoms with Gasteiger partial charge in [-0.1, -0.05) is 97.6 Å². The maximum atomic E-state index is 13.3. The third-order valence-electron chi connectivity index (χ3n) is 8.30. The van der Waals surface area contributed by atoms with Crippen LogP contribution in [0.5, 0.6) is 0 Å². The van der Waals surface area contributed by atoms with Gasteiger partial charge in [-0.3, -0.25) is 4.79 Å². The van der Waals surface area contributed by atoms with Crippen LogP contribution in [0.2, 0.25) is 0 Å². The van der Waals surface area contributed by atoms with Gasteiger partial charge in [-0.2, -0.15) is 35.3 Å². The van der Waals surface area contributed by atoms with Crippen molar-refractivity contribution in [3.63, 3.8) is 0 Å². The van der Waals surface area contributed by atoms with Crippen molar-refractivity contribution in [2.45, 2.75) is 87.5 Å². The van der Waals surface area contributed by atoms with Crippen LogP contribution in [0.15, 0.2) is 103 Å². The molecule has 0 fully saturated rings. The summed E-state index contributed by atoms with van der Waals surface area (Å²) in [6, 6.07) is 32.2. The highest BCUT2D eigenvalue weighted by Gasteiger charge is 2.35. The fourth-order valence-corrected chi connectivity index (χ4v) is 9.10. The minimum Gasteiger partial charge on any atom is -0.347 e. The Kier molecular flexibility index (Phi) is 13.0. The van der Waals surface area contributed by atoms with Crippen LogP contribution in [0.25, 0.3) is 0 Å². The van der Waals surface area contributed by atoms with E-state index in [4.69, 9.17) is 0 Å². The smallest absolute Gasteiger partial charge is 0.246 e. The number of rotatable bonds is 17. The Morgan fingerprint density at radius 1 is 0.581 bits per heavy atom. The average Bonchev–Trinajstić information content (AvgIpc) is 2.98. The Bertz CT molecular complexity index is 1150. The Balaban J connectivity index is 1.82. The first-order valence-electron chi connectivity index (χ1n) is 15.3. The lowest BCUT2D eigenvalue weighted by Gasteiger charge is -2.38. The van der Waals surface area contributed by atoms with Crippen LogP contribution in [0.3, 0.4) is 0 Å². The molecule has 0 bridgehead atoms. The second kappa shape index (κ2) is 15.8. The van der Waals surface area contributed by atoms with E-state index >= 15 is 0 Å². The van der Waals surface area contributed by atoms with Crippen molar-refractivity contribution in [1.29, 1.82) is 0 Å². The highest BCUT2D eigenvalue weighted by Crippen LogP contribution is 2.42. The normalized spacial score (nSPS) is 12.6. The number of carbonyl (C=O) groups excluding carboxylic acids is 1. The number of nitrogens with one attached hydrogen (secondary N) is 1. The molecule has 3 aromatic rings. The largest absolute Gasteiger partial charge is 0.347 e. The molecule has 5 heteroatoms. The number of hydrogen-bond donors (Lipinski definition) is 1. The average molecular weight is 634 g/mol. The van der Waals surface area contributed by atoms with Gasteiger partial charge < -0.3 is 5.32 Å². The number of benzene rings is 3. The molecule has 43 heavy (non-hydrogen) atoms. The molecule has 0 spiro atoms. The summed E-state index contributed by atoms with van der Waals surface area (Å²) in [5.41, 5.74) is 4.23. The van der Waals surface area contributed by atoms with Gasteiger partial charge in [-0.15, -0.1) is 0 Å². The van der Waals surface area contributed by atoms with Crippen LogP contribution in [-0.2, 0) is 19.0 Å². The van der Waals surface area contributed by atoms with Crippen molar-refractivity contribution in [2.24, 2.45) is 0 Å². The van der Waals surface area contributed by atoms with E-state index in [9.17, 15) is 4.79 Å². The lowest BCUT2D eigenvalue weighted by atomic mass is 9.89. The van der Waals surface area contributed by atoms with Crippen molar-refractivity contribution in [2.75, 3.05) is 17.3 Å². The Morgan fingerprint density at radius 2 is 0.860 bits per heavy atom. The summed E-state index contributed by atoms with van der Waals surface area (Å²) >= 11 is 5.94. The molecule has 0 saturated carbocycles. The van der Waals surface area contributed by atoms with Crippen LogP contribution >= 0.6 is 35.3 Å². The summed E-state index contributed by atoms with van der Waals surface area (Å²) in [4.78, 5) is 13.3. The first-order chi connectivity index (χ1) is 20.3. The summed E-state index contributed by atoms with van der Waals surface area (Å²) < 4.78 is -0.0433. The summed E-state index contributed by atoms with van der Waals surface area (Å²) in [6.07, 6.45) is 2.73. The molecule has 0 heterocycles. The molecule has 0 aliphatic rings. The maximum Gasteiger partial charge on any atom is 0.246 e. The molecule has 0 saturated heterocycles. The minimum absolute atomic E-state index is 0.0144. The first kappa shape index (κ1) is 35.4. The van der Waals surface area contributed by atoms with Crippen LogP contribution < -0.4 is 5.32 Å². The van der Waals surface area contributed by atoms with E-state index < -0.39 is 0 Å². The summed E-state index contributed by atoms with van der Waals surface area (Å²) in [6.45, 7) is 19.6. The molecule has 3 rings (SSSR count). The highest BCUT2D eigenvalue weighted by molar-refractivity contribution is 8.00. The van der Waals surface area contributed by atoms with Crippen molar-refractivity contribution in [3.05, 3.63) is 120 Å². The summed E-state index contributed by atoms with van der Waals surface area (Å²) in [7, 11) is 0. The summed E-state index contributed by atoms with van der Waals surface area (Å²) in [5, 5.41) is 3.53.